The lowest BCUT2D eigenvalue weighted by Crippen LogP contribution is -2.20. The second-order valence-corrected chi connectivity index (χ2v) is 4.42. The van der Waals surface area contributed by atoms with E-state index in [2.05, 4.69) is 50.0 Å². The molecule has 0 spiro atoms. The van der Waals surface area contributed by atoms with Crippen LogP contribution in [0, 0.1) is 0 Å². The Hall–Kier alpha value is -1.08. The smallest absolute Gasteiger partial charge is 0.0320 e. The highest BCUT2D eigenvalue weighted by atomic mass is 14.9. The minimum absolute atomic E-state index is 0.492. The lowest BCUT2D eigenvalue weighted by molar-refractivity contribution is 0.500. The van der Waals surface area contributed by atoms with E-state index in [4.69, 9.17) is 0 Å². The number of nitrogens with one attached hydrogen (secondary N) is 1. The van der Waals surface area contributed by atoms with Crippen molar-refractivity contribution in [1.82, 2.24) is 5.32 Å². The van der Waals surface area contributed by atoms with Gasteiger partial charge in [-0.3, -0.25) is 0 Å². The zero-order valence-corrected chi connectivity index (χ0v) is 11.2. The number of unbranched alkanes of at least 4 members (excludes halogenated alkanes) is 1. The Morgan fingerprint density at radius 2 is 1.94 bits per heavy atom. The first-order valence-electron chi connectivity index (χ1n) is 6.74. The van der Waals surface area contributed by atoms with Gasteiger partial charge in [0.25, 0.3) is 0 Å². The predicted octanol–water partition coefficient (Wildman–Crippen LogP) is 4.26. The Balaban J connectivity index is 2.63. The first-order valence-corrected chi connectivity index (χ1v) is 6.74. The molecule has 0 heterocycles. The highest BCUT2D eigenvalue weighted by Crippen LogP contribution is 2.20. The van der Waals surface area contributed by atoms with E-state index < -0.39 is 0 Å². The van der Waals surface area contributed by atoms with Gasteiger partial charge in [0, 0.05) is 6.04 Å². The molecule has 1 heteroatoms. The third-order valence-corrected chi connectivity index (χ3v) is 3.14. The molecule has 1 atom stereocenters. The molecule has 0 aliphatic heterocycles. The molecule has 1 aromatic rings. The molecule has 1 N–H and O–H groups in total. The van der Waals surface area contributed by atoms with E-state index in [9.17, 15) is 0 Å². The molecule has 0 aliphatic carbocycles. The summed E-state index contributed by atoms with van der Waals surface area (Å²) < 4.78 is 0. The summed E-state index contributed by atoms with van der Waals surface area (Å²) in [7, 11) is 0. The van der Waals surface area contributed by atoms with Crippen LogP contribution in [0.25, 0.3) is 0 Å². The average Bonchev–Trinajstić information content (AvgIpc) is 2.38. The first kappa shape index (κ1) is 14.0. The number of hydrogen-bond donors (Lipinski definition) is 1. The minimum atomic E-state index is 0.492. The summed E-state index contributed by atoms with van der Waals surface area (Å²) in [5.41, 5.74) is 2.82. The molecule has 0 radical (unpaired) electrons. The van der Waals surface area contributed by atoms with Gasteiger partial charge in [0.15, 0.2) is 0 Å². The van der Waals surface area contributed by atoms with Gasteiger partial charge in [-0.25, -0.2) is 0 Å². The molecule has 1 unspecified atom stereocenters. The van der Waals surface area contributed by atoms with Gasteiger partial charge in [0.1, 0.15) is 0 Å². The van der Waals surface area contributed by atoms with Crippen molar-refractivity contribution in [2.24, 2.45) is 0 Å². The quantitative estimate of drug-likeness (QED) is 0.521. The molecule has 0 bridgehead atoms. The maximum atomic E-state index is 3.78. The van der Waals surface area contributed by atoms with Crippen LogP contribution in [-0.2, 0) is 6.42 Å². The Kier molecular flexibility index (Phi) is 6.64. The summed E-state index contributed by atoms with van der Waals surface area (Å²) >= 11 is 0. The standard InChI is InChI=1S/C16H25N/c1-4-7-8-9-16(17-6-3)15-12-10-14(5-2)11-13-15/h4,10-13,16-17H,1,5-9H2,2-3H3. The van der Waals surface area contributed by atoms with Crippen molar-refractivity contribution in [2.45, 2.75) is 45.6 Å². The summed E-state index contributed by atoms with van der Waals surface area (Å²) in [6.07, 6.45) is 6.61. The Labute approximate surface area is 106 Å². The fraction of sp³-hybridized carbons (Fsp3) is 0.500. The Bertz CT molecular complexity index is 313. The van der Waals surface area contributed by atoms with Crippen molar-refractivity contribution >= 4 is 0 Å². The van der Waals surface area contributed by atoms with Gasteiger partial charge in [0.2, 0.25) is 0 Å². The van der Waals surface area contributed by atoms with E-state index in [1.807, 2.05) is 6.08 Å². The summed E-state index contributed by atoms with van der Waals surface area (Å²) in [5, 5.41) is 3.56. The third kappa shape index (κ3) is 4.74. The van der Waals surface area contributed by atoms with Crippen molar-refractivity contribution in [2.75, 3.05) is 6.54 Å². The van der Waals surface area contributed by atoms with E-state index in [0.717, 1.165) is 19.4 Å². The second kappa shape index (κ2) is 8.08. The SMILES string of the molecule is C=CCCCC(NCC)c1ccc(CC)cc1. The Morgan fingerprint density at radius 1 is 1.24 bits per heavy atom. The van der Waals surface area contributed by atoms with Crippen LogP contribution in [0.4, 0.5) is 0 Å². The van der Waals surface area contributed by atoms with Gasteiger partial charge < -0.3 is 5.32 Å². The maximum Gasteiger partial charge on any atom is 0.0320 e. The average molecular weight is 231 g/mol. The van der Waals surface area contributed by atoms with Crippen LogP contribution in [0.5, 0.6) is 0 Å². The number of hydrogen-bond acceptors (Lipinski definition) is 1. The van der Waals surface area contributed by atoms with E-state index in [1.165, 1.54) is 24.0 Å². The fourth-order valence-electron chi connectivity index (χ4n) is 2.08. The molecule has 1 nitrogen and oxygen atoms in total. The van der Waals surface area contributed by atoms with Crippen molar-refractivity contribution in [3.63, 3.8) is 0 Å². The van der Waals surface area contributed by atoms with E-state index in [-0.39, 0.29) is 0 Å². The van der Waals surface area contributed by atoms with Gasteiger partial charge in [-0.05, 0) is 43.4 Å². The van der Waals surface area contributed by atoms with Gasteiger partial charge in [-0.15, -0.1) is 6.58 Å². The zero-order chi connectivity index (χ0) is 12.5. The number of rotatable bonds is 8. The molecule has 0 fully saturated rings. The molecular formula is C16H25N. The lowest BCUT2D eigenvalue weighted by Gasteiger charge is -2.18. The number of allylic oxidation sites excluding steroid dienone is 1. The van der Waals surface area contributed by atoms with E-state index in [1.54, 1.807) is 0 Å². The molecule has 0 amide bonds. The predicted molar refractivity (Wildman–Crippen MR) is 76.3 cm³/mol. The zero-order valence-electron chi connectivity index (χ0n) is 11.2. The van der Waals surface area contributed by atoms with Crippen molar-refractivity contribution < 1.29 is 0 Å². The maximum absolute atomic E-state index is 3.78. The molecule has 0 saturated heterocycles. The van der Waals surface area contributed by atoms with Gasteiger partial charge in [-0.1, -0.05) is 44.2 Å². The van der Waals surface area contributed by atoms with Crippen LogP contribution in [0.15, 0.2) is 36.9 Å². The minimum Gasteiger partial charge on any atom is -0.310 e. The molecule has 0 aromatic heterocycles. The van der Waals surface area contributed by atoms with E-state index >= 15 is 0 Å². The van der Waals surface area contributed by atoms with Gasteiger partial charge >= 0.3 is 0 Å². The summed E-state index contributed by atoms with van der Waals surface area (Å²) in [6.45, 7) is 9.16. The summed E-state index contributed by atoms with van der Waals surface area (Å²) in [6, 6.07) is 9.51. The fourth-order valence-corrected chi connectivity index (χ4v) is 2.08. The lowest BCUT2D eigenvalue weighted by atomic mass is 9.99. The molecule has 1 rings (SSSR count). The largest absolute Gasteiger partial charge is 0.310 e. The molecule has 0 saturated carbocycles. The Morgan fingerprint density at radius 3 is 2.47 bits per heavy atom. The molecule has 0 aliphatic rings. The summed E-state index contributed by atoms with van der Waals surface area (Å²) in [4.78, 5) is 0. The van der Waals surface area contributed by atoms with Crippen LogP contribution in [0.2, 0.25) is 0 Å². The normalized spacial score (nSPS) is 12.4. The third-order valence-electron chi connectivity index (χ3n) is 3.14. The van der Waals surface area contributed by atoms with Crippen molar-refractivity contribution in [1.29, 1.82) is 0 Å². The van der Waals surface area contributed by atoms with Crippen molar-refractivity contribution in [3.05, 3.63) is 48.0 Å². The molecule has 1 aromatic carbocycles. The van der Waals surface area contributed by atoms with Crippen LogP contribution in [0.3, 0.4) is 0 Å². The van der Waals surface area contributed by atoms with Gasteiger partial charge in [-0.2, -0.15) is 0 Å². The van der Waals surface area contributed by atoms with Crippen LogP contribution in [-0.4, -0.2) is 6.54 Å². The highest BCUT2D eigenvalue weighted by molar-refractivity contribution is 5.25. The second-order valence-electron chi connectivity index (χ2n) is 4.42. The topological polar surface area (TPSA) is 12.0 Å². The van der Waals surface area contributed by atoms with Gasteiger partial charge in [0.05, 0.1) is 0 Å². The molecular weight excluding hydrogens is 206 g/mol. The number of aryl methyl sites for hydroxylation is 1. The summed E-state index contributed by atoms with van der Waals surface area (Å²) in [5.74, 6) is 0. The van der Waals surface area contributed by atoms with Crippen molar-refractivity contribution in [3.8, 4) is 0 Å². The van der Waals surface area contributed by atoms with Crippen LogP contribution >= 0.6 is 0 Å². The van der Waals surface area contributed by atoms with Crippen LogP contribution < -0.4 is 5.32 Å². The molecule has 17 heavy (non-hydrogen) atoms. The van der Waals surface area contributed by atoms with E-state index in [0.29, 0.717) is 6.04 Å². The first-order chi connectivity index (χ1) is 8.31. The monoisotopic (exact) mass is 231 g/mol. The molecule has 94 valence electrons. The van der Waals surface area contributed by atoms with Crippen LogP contribution in [0.1, 0.15) is 50.3 Å². The highest BCUT2D eigenvalue weighted by Gasteiger charge is 2.08. The number of benzene rings is 1.